The van der Waals surface area contributed by atoms with Crippen LogP contribution in [0, 0.1) is 0 Å². The minimum atomic E-state index is -5.24. The van der Waals surface area contributed by atoms with Gasteiger partial charge in [0, 0.05) is 35.6 Å². The van der Waals surface area contributed by atoms with E-state index in [9.17, 15) is 31.1 Å². The highest BCUT2D eigenvalue weighted by Gasteiger charge is 2.41. The van der Waals surface area contributed by atoms with Crippen molar-refractivity contribution in [1.82, 2.24) is 10.3 Å². The molecule has 0 saturated heterocycles. The predicted molar refractivity (Wildman–Crippen MR) is 112 cm³/mol. The minimum Gasteiger partial charge on any atom is -0.309 e. The Morgan fingerprint density at radius 1 is 0.818 bits per heavy atom. The molecule has 0 fully saturated rings. The fraction of sp³-hybridized carbons (Fsp3) is 0.167. The molecule has 0 spiro atoms. The maximum absolute atomic E-state index is 14.1. The zero-order valence-electron chi connectivity index (χ0n) is 16.9. The van der Waals surface area contributed by atoms with Crippen LogP contribution in [0.15, 0.2) is 66.9 Å². The number of carbonyl (C=O) groups is 1. The summed E-state index contributed by atoms with van der Waals surface area (Å²) < 4.78 is 82.0. The van der Waals surface area contributed by atoms with E-state index in [2.05, 4.69) is 10.3 Å². The molecule has 3 nitrogen and oxygen atoms in total. The van der Waals surface area contributed by atoms with Crippen LogP contribution in [-0.4, -0.2) is 16.9 Å². The summed E-state index contributed by atoms with van der Waals surface area (Å²) in [5, 5.41) is 2.29. The molecule has 0 radical (unpaired) electrons. The molecule has 170 valence electrons. The molecule has 0 amide bonds. The second-order valence-electron chi connectivity index (χ2n) is 7.44. The molecule has 4 rings (SSSR count). The van der Waals surface area contributed by atoms with E-state index < -0.39 is 34.6 Å². The van der Waals surface area contributed by atoms with Gasteiger partial charge in [0.2, 0.25) is 0 Å². The Kier molecular flexibility index (Phi) is 5.84. The molecule has 1 aromatic heterocycles. The number of benzene rings is 3. The molecule has 0 aliphatic rings. The number of pyridine rings is 1. The van der Waals surface area contributed by atoms with Gasteiger partial charge in [-0.3, -0.25) is 9.78 Å². The molecule has 3 aromatic carbocycles. The fourth-order valence-electron chi connectivity index (χ4n) is 3.82. The van der Waals surface area contributed by atoms with Crippen LogP contribution in [-0.2, 0) is 19.3 Å². The molecule has 33 heavy (non-hydrogen) atoms. The van der Waals surface area contributed by atoms with Crippen molar-refractivity contribution in [3.63, 3.8) is 0 Å². The van der Waals surface area contributed by atoms with E-state index in [0.29, 0.717) is 6.07 Å². The van der Waals surface area contributed by atoms with Crippen molar-refractivity contribution in [2.24, 2.45) is 0 Å². The molecular weight excluding hydrogens is 446 g/mol. The van der Waals surface area contributed by atoms with Crippen molar-refractivity contribution in [2.75, 3.05) is 0 Å². The molecule has 1 N–H and O–H groups in total. The van der Waals surface area contributed by atoms with Gasteiger partial charge in [0.05, 0.1) is 11.1 Å². The first-order valence-electron chi connectivity index (χ1n) is 9.84. The second kappa shape index (κ2) is 8.47. The highest BCUT2D eigenvalue weighted by Crippen LogP contribution is 2.40. The third-order valence-corrected chi connectivity index (χ3v) is 5.23. The lowest BCUT2D eigenvalue weighted by Gasteiger charge is -2.18. The Labute approximate surface area is 184 Å². The number of aromatic nitrogens is 1. The number of rotatable bonds is 5. The maximum atomic E-state index is 14.1. The summed E-state index contributed by atoms with van der Waals surface area (Å²) in [4.78, 5) is 16.2. The van der Waals surface area contributed by atoms with Crippen LogP contribution in [0.2, 0.25) is 0 Å². The lowest BCUT2D eigenvalue weighted by Crippen LogP contribution is -2.23. The summed E-state index contributed by atoms with van der Waals surface area (Å²) in [6, 6.07) is 15.1. The van der Waals surface area contributed by atoms with Crippen molar-refractivity contribution in [2.45, 2.75) is 25.4 Å². The Morgan fingerprint density at radius 3 is 2.09 bits per heavy atom. The number of halogens is 6. The molecule has 0 saturated carbocycles. The summed E-state index contributed by atoms with van der Waals surface area (Å²) >= 11 is 0. The molecule has 0 aliphatic carbocycles. The number of fused-ring (bicyclic) bond motifs is 3. The monoisotopic (exact) mass is 462 g/mol. The average Bonchev–Trinajstić information content (AvgIpc) is 2.77. The van der Waals surface area contributed by atoms with Gasteiger partial charge in [0.15, 0.2) is 0 Å². The number of nitrogens with one attached hydrogen (secondary N) is 1. The molecule has 0 atom stereocenters. The molecular formula is C24H16F6N2O. The number of hydrogen-bond acceptors (Lipinski definition) is 3. The molecule has 0 bridgehead atoms. The van der Waals surface area contributed by atoms with Gasteiger partial charge in [-0.15, -0.1) is 0 Å². The first-order chi connectivity index (χ1) is 15.6. The van der Waals surface area contributed by atoms with Crippen LogP contribution in [0.3, 0.4) is 0 Å². The van der Waals surface area contributed by atoms with E-state index in [1.807, 2.05) is 6.07 Å². The summed E-state index contributed by atoms with van der Waals surface area (Å²) in [6.07, 6.45) is -9.05. The SMILES string of the molecule is O=C(c1cc2c(C(F)(F)F)c(CNCc3ccccc3)cnc2c2ccccc12)C(F)(F)F. The molecule has 1 heterocycles. The van der Waals surface area contributed by atoms with Gasteiger partial charge in [0.25, 0.3) is 5.78 Å². The van der Waals surface area contributed by atoms with Gasteiger partial charge in [-0.05, 0) is 22.6 Å². The van der Waals surface area contributed by atoms with Crippen LogP contribution < -0.4 is 5.32 Å². The zero-order chi connectivity index (χ0) is 23.8. The van der Waals surface area contributed by atoms with Crippen LogP contribution >= 0.6 is 0 Å². The number of ketones is 1. The van der Waals surface area contributed by atoms with E-state index >= 15 is 0 Å². The number of nitrogens with zero attached hydrogens (tertiary/aromatic N) is 1. The van der Waals surface area contributed by atoms with E-state index in [-0.39, 0.29) is 34.9 Å². The minimum absolute atomic E-state index is 0.0388. The molecule has 4 aromatic rings. The van der Waals surface area contributed by atoms with Gasteiger partial charge >= 0.3 is 12.4 Å². The van der Waals surface area contributed by atoms with E-state index in [1.165, 1.54) is 24.3 Å². The van der Waals surface area contributed by atoms with Gasteiger partial charge in [-0.2, -0.15) is 26.3 Å². The van der Waals surface area contributed by atoms with Crippen LogP contribution in [0.4, 0.5) is 26.3 Å². The number of carbonyl (C=O) groups excluding carboxylic acids is 1. The van der Waals surface area contributed by atoms with Crippen molar-refractivity contribution in [1.29, 1.82) is 0 Å². The first kappa shape index (κ1) is 22.7. The van der Waals surface area contributed by atoms with E-state index in [4.69, 9.17) is 0 Å². The van der Waals surface area contributed by atoms with Gasteiger partial charge in [0.1, 0.15) is 0 Å². The summed E-state index contributed by atoms with van der Waals surface area (Å²) in [7, 11) is 0. The third kappa shape index (κ3) is 4.54. The van der Waals surface area contributed by atoms with E-state index in [1.54, 1.807) is 24.3 Å². The molecule has 0 unspecified atom stereocenters. The number of Topliss-reactive ketones (excluding diaryl/α,β-unsaturated/α-hetero) is 1. The molecule has 0 aliphatic heterocycles. The first-order valence-corrected chi connectivity index (χ1v) is 9.84. The highest BCUT2D eigenvalue weighted by atomic mass is 19.4. The van der Waals surface area contributed by atoms with Gasteiger partial charge in [-0.1, -0.05) is 54.6 Å². The van der Waals surface area contributed by atoms with Crippen LogP contribution in [0.5, 0.6) is 0 Å². The summed E-state index contributed by atoms with van der Waals surface area (Å²) in [5.41, 5.74) is -1.46. The quantitative estimate of drug-likeness (QED) is 0.211. The topological polar surface area (TPSA) is 42.0 Å². The fourth-order valence-corrected chi connectivity index (χ4v) is 3.82. The Bertz CT molecular complexity index is 1330. The normalized spacial score (nSPS) is 12.4. The van der Waals surface area contributed by atoms with Crippen LogP contribution in [0.1, 0.15) is 27.0 Å². The van der Waals surface area contributed by atoms with Crippen molar-refractivity contribution in [3.05, 3.63) is 89.1 Å². The number of alkyl halides is 6. The summed E-state index contributed by atoms with van der Waals surface area (Å²) in [6.45, 7) is 0.0633. The van der Waals surface area contributed by atoms with Gasteiger partial charge in [-0.25, -0.2) is 0 Å². The lowest BCUT2D eigenvalue weighted by atomic mass is 9.93. The molecule has 9 heteroatoms. The third-order valence-electron chi connectivity index (χ3n) is 5.23. The Hall–Kier alpha value is -3.46. The van der Waals surface area contributed by atoms with Crippen molar-refractivity contribution in [3.8, 4) is 0 Å². The van der Waals surface area contributed by atoms with Gasteiger partial charge < -0.3 is 5.32 Å². The zero-order valence-corrected chi connectivity index (χ0v) is 16.9. The van der Waals surface area contributed by atoms with Crippen molar-refractivity contribution >= 4 is 27.5 Å². The summed E-state index contributed by atoms with van der Waals surface area (Å²) in [5.74, 6) is -2.21. The lowest BCUT2D eigenvalue weighted by molar-refractivity contribution is -0.137. The maximum Gasteiger partial charge on any atom is 0.454 e. The number of hydrogen-bond donors (Lipinski definition) is 1. The smallest absolute Gasteiger partial charge is 0.309 e. The Morgan fingerprint density at radius 2 is 1.45 bits per heavy atom. The highest BCUT2D eigenvalue weighted by molar-refractivity contribution is 6.18. The Balaban J connectivity index is 1.89. The average molecular weight is 462 g/mol. The largest absolute Gasteiger partial charge is 0.454 e. The van der Waals surface area contributed by atoms with Crippen molar-refractivity contribution < 1.29 is 31.1 Å². The van der Waals surface area contributed by atoms with Crippen LogP contribution in [0.25, 0.3) is 21.7 Å². The van der Waals surface area contributed by atoms with E-state index in [0.717, 1.165) is 11.8 Å². The second-order valence-corrected chi connectivity index (χ2v) is 7.44. The standard InChI is InChI=1S/C24H16F6N2O/c25-23(26,27)20-15(12-31-11-14-6-2-1-3-7-14)13-32-21-17-9-5-4-8-16(17)18(10-19(20)21)22(33)24(28,29)30/h1-10,13,31H,11-12H2. The predicted octanol–water partition coefficient (Wildman–Crippen LogP) is 6.44.